The standard InChI is InChI=1S/C16H19N5O2S/c1-19-11-16(18-12-19)24(22,23)21-8-5-13-14(3-2-4-15(13)21)20-9-6-17-7-10-20/h2-5,8,11-12,17H,6-7,9-10H2,1H3. The van der Waals surface area contributed by atoms with Gasteiger partial charge in [0, 0.05) is 56.7 Å². The number of anilines is 1. The third-order valence-electron chi connectivity index (χ3n) is 4.34. The molecule has 0 saturated carbocycles. The van der Waals surface area contributed by atoms with Crippen molar-refractivity contribution in [2.75, 3.05) is 31.1 Å². The number of nitrogens with zero attached hydrogens (tertiary/aromatic N) is 4. The first-order valence-electron chi connectivity index (χ1n) is 7.87. The van der Waals surface area contributed by atoms with Crippen molar-refractivity contribution in [1.82, 2.24) is 18.8 Å². The van der Waals surface area contributed by atoms with Crippen LogP contribution in [0.15, 0.2) is 48.0 Å². The number of rotatable bonds is 3. The topological polar surface area (TPSA) is 72.2 Å². The number of piperazine rings is 1. The molecule has 4 rings (SSSR count). The van der Waals surface area contributed by atoms with Gasteiger partial charge in [-0.05, 0) is 18.2 Å². The molecule has 0 bridgehead atoms. The summed E-state index contributed by atoms with van der Waals surface area (Å²) in [6.45, 7) is 3.70. The molecule has 1 aliphatic rings. The number of nitrogens with one attached hydrogen (secondary N) is 1. The van der Waals surface area contributed by atoms with Crippen molar-refractivity contribution in [3.8, 4) is 0 Å². The first-order chi connectivity index (χ1) is 11.6. The Morgan fingerprint density at radius 2 is 1.96 bits per heavy atom. The SMILES string of the molecule is Cn1cnc(S(=O)(=O)n2ccc3c(N4CCNCC4)cccc32)c1. The Kier molecular flexibility index (Phi) is 3.58. The van der Waals surface area contributed by atoms with E-state index in [0.717, 1.165) is 37.3 Å². The summed E-state index contributed by atoms with van der Waals surface area (Å²) in [5, 5.41) is 4.33. The van der Waals surface area contributed by atoms with Crippen molar-refractivity contribution >= 4 is 26.6 Å². The van der Waals surface area contributed by atoms with Crippen molar-refractivity contribution in [2.24, 2.45) is 7.05 Å². The predicted molar refractivity (Wildman–Crippen MR) is 92.8 cm³/mol. The van der Waals surface area contributed by atoms with Gasteiger partial charge in [-0.25, -0.2) is 8.96 Å². The van der Waals surface area contributed by atoms with Crippen molar-refractivity contribution in [1.29, 1.82) is 0 Å². The molecule has 0 spiro atoms. The predicted octanol–water partition coefficient (Wildman–Crippen LogP) is 1.02. The largest absolute Gasteiger partial charge is 0.368 e. The molecule has 1 saturated heterocycles. The van der Waals surface area contributed by atoms with Crippen LogP contribution in [0.5, 0.6) is 0 Å². The quantitative estimate of drug-likeness (QED) is 0.767. The number of aromatic nitrogens is 3. The molecule has 7 nitrogen and oxygen atoms in total. The summed E-state index contributed by atoms with van der Waals surface area (Å²) in [7, 11) is -1.94. The van der Waals surface area contributed by atoms with Crippen LogP contribution >= 0.6 is 0 Å². The molecule has 0 radical (unpaired) electrons. The second kappa shape index (κ2) is 5.64. The Balaban J connectivity index is 1.84. The molecular weight excluding hydrogens is 326 g/mol. The highest BCUT2D eigenvalue weighted by molar-refractivity contribution is 7.90. The molecule has 1 N–H and O–H groups in total. The molecule has 0 aliphatic carbocycles. The molecular formula is C16H19N5O2S. The summed E-state index contributed by atoms with van der Waals surface area (Å²) < 4.78 is 28.7. The number of hydrogen-bond donors (Lipinski definition) is 1. The van der Waals surface area contributed by atoms with E-state index in [0.29, 0.717) is 5.52 Å². The molecule has 0 amide bonds. The number of fused-ring (bicyclic) bond motifs is 1. The van der Waals surface area contributed by atoms with Crippen LogP contribution in [0, 0.1) is 0 Å². The van der Waals surface area contributed by atoms with E-state index in [9.17, 15) is 8.42 Å². The van der Waals surface area contributed by atoms with E-state index < -0.39 is 10.0 Å². The Labute approximate surface area is 140 Å². The van der Waals surface area contributed by atoms with Gasteiger partial charge in [0.05, 0.1) is 11.8 Å². The summed E-state index contributed by atoms with van der Waals surface area (Å²) in [4.78, 5) is 6.29. The highest BCUT2D eigenvalue weighted by Gasteiger charge is 2.23. The fraction of sp³-hybridized carbons (Fsp3) is 0.312. The van der Waals surface area contributed by atoms with Crippen LogP contribution in [0.25, 0.3) is 10.9 Å². The molecule has 2 aromatic heterocycles. The maximum Gasteiger partial charge on any atom is 0.287 e. The number of hydrogen-bond acceptors (Lipinski definition) is 5. The van der Waals surface area contributed by atoms with Gasteiger partial charge in [-0.1, -0.05) is 6.07 Å². The third kappa shape index (κ3) is 2.38. The van der Waals surface area contributed by atoms with Crippen LogP contribution in [0.2, 0.25) is 0 Å². The van der Waals surface area contributed by atoms with Crippen LogP contribution in [-0.4, -0.2) is 48.1 Å². The zero-order valence-electron chi connectivity index (χ0n) is 13.4. The molecule has 8 heteroatoms. The molecule has 0 atom stereocenters. The smallest absolute Gasteiger partial charge is 0.287 e. The lowest BCUT2D eigenvalue weighted by molar-refractivity contribution is 0.585. The molecule has 3 aromatic rings. The van der Waals surface area contributed by atoms with Gasteiger partial charge in [0.15, 0.2) is 5.03 Å². The summed E-state index contributed by atoms with van der Waals surface area (Å²) in [6.07, 6.45) is 4.62. The van der Waals surface area contributed by atoms with Gasteiger partial charge in [-0.3, -0.25) is 0 Å². The van der Waals surface area contributed by atoms with E-state index in [1.165, 1.54) is 16.5 Å². The minimum atomic E-state index is -3.70. The maximum atomic E-state index is 12.9. The van der Waals surface area contributed by atoms with E-state index >= 15 is 0 Å². The molecule has 1 aliphatic heterocycles. The van der Waals surface area contributed by atoms with Crippen LogP contribution in [0.3, 0.4) is 0 Å². The number of imidazole rings is 1. The lowest BCUT2D eigenvalue weighted by Crippen LogP contribution is -2.43. The lowest BCUT2D eigenvalue weighted by atomic mass is 10.2. The van der Waals surface area contributed by atoms with E-state index in [4.69, 9.17) is 0 Å². The van der Waals surface area contributed by atoms with Gasteiger partial charge in [0.1, 0.15) is 0 Å². The van der Waals surface area contributed by atoms with E-state index in [1.807, 2.05) is 24.3 Å². The molecule has 126 valence electrons. The zero-order valence-corrected chi connectivity index (χ0v) is 14.2. The van der Waals surface area contributed by atoms with E-state index in [-0.39, 0.29) is 5.03 Å². The second-order valence-corrected chi connectivity index (χ2v) is 7.70. The zero-order chi connectivity index (χ0) is 16.7. The summed E-state index contributed by atoms with van der Waals surface area (Å²) in [5.74, 6) is 0. The Morgan fingerprint density at radius 3 is 2.67 bits per heavy atom. The minimum Gasteiger partial charge on any atom is -0.368 e. The van der Waals surface area contributed by atoms with Crippen molar-refractivity contribution in [3.63, 3.8) is 0 Å². The Morgan fingerprint density at radius 1 is 1.17 bits per heavy atom. The van der Waals surface area contributed by atoms with Gasteiger partial charge in [-0.2, -0.15) is 8.42 Å². The van der Waals surface area contributed by atoms with Gasteiger partial charge < -0.3 is 14.8 Å². The number of aryl methyl sites for hydroxylation is 1. The summed E-state index contributed by atoms with van der Waals surface area (Å²) >= 11 is 0. The van der Waals surface area contributed by atoms with Crippen LogP contribution in [0.1, 0.15) is 0 Å². The maximum absolute atomic E-state index is 12.9. The average Bonchev–Trinajstić information content (AvgIpc) is 3.22. The molecule has 24 heavy (non-hydrogen) atoms. The minimum absolute atomic E-state index is 0.0510. The van der Waals surface area contributed by atoms with Crippen LogP contribution < -0.4 is 10.2 Å². The highest BCUT2D eigenvalue weighted by atomic mass is 32.2. The molecule has 3 heterocycles. The van der Waals surface area contributed by atoms with Gasteiger partial charge in [0.2, 0.25) is 0 Å². The van der Waals surface area contributed by atoms with Crippen LogP contribution in [-0.2, 0) is 17.1 Å². The molecule has 0 unspecified atom stereocenters. The van der Waals surface area contributed by atoms with E-state index in [1.54, 1.807) is 17.8 Å². The monoisotopic (exact) mass is 345 g/mol. The van der Waals surface area contributed by atoms with Crippen molar-refractivity contribution in [2.45, 2.75) is 5.03 Å². The number of benzene rings is 1. The fourth-order valence-electron chi connectivity index (χ4n) is 3.14. The van der Waals surface area contributed by atoms with Crippen molar-refractivity contribution < 1.29 is 8.42 Å². The fourth-order valence-corrected chi connectivity index (χ4v) is 4.46. The first kappa shape index (κ1) is 15.2. The Bertz CT molecular complexity index is 983. The second-order valence-electron chi connectivity index (χ2n) is 5.94. The van der Waals surface area contributed by atoms with Gasteiger partial charge in [0.25, 0.3) is 10.0 Å². The lowest BCUT2D eigenvalue weighted by Gasteiger charge is -2.30. The van der Waals surface area contributed by atoms with Crippen LogP contribution in [0.4, 0.5) is 5.69 Å². The summed E-state index contributed by atoms with van der Waals surface area (Å²) in [5.41, 5.74) is 1.75. The molecule has 1 fully saturated rings. The van der Waals surface area contributed by atoms with E-state index in [2.05, 4.69) is 15.2 Å². The van der Waals surface area contributed by atoms with Gasteiger partial charge in [-0.15, -0.1) is 0 Å². The first-order valence-corrected chi connectivity index (χ1v) is 9.31. The Hall–Kier alpha value is -2.32. The third-order valence-corrected chi connectivity index (χ3v) is 5.91. The molecule has 1 aromatic carbocycles. The highest BCUT2D eigenvalue weighted by Crippen LogP contribution is 2.30. The summed E-state index contributed by atoms with van der Waals surface area (Å²) in [6, 6.07) is 7.66. The average molecular weight is 345 g/mol. The normalized spacial score (nSPS) is 16.0. The van der Waals surface area contributed by atoms with Gasteiger partial charge >= 0.3 is 0 Å². The van der Waals surface area contributed by atoms with Crippen molar-refractivity contribution in [3.05, 3.63) is 43.0 Å².